The Hall–Kier alpha value is -2.56. The lowest BCUT2D eigenvalue weighted by atomic mass is 10.2. The number of fused-ring (bicyclic) bond motifs is 1. The molecule has 90 valence electrons. The molecule has 0 aliphatic rings. The first-order valence-electron chi connectivity index (χ1n) is 5.67. The molecule has 0 bridgehead atoms. The fourth-order valence-corrected chi connectivity index (χ4v) is 1.85. The summed E-state index contributed by atoms with van der Waals surface area (Å²) >= 11 is 0. The zero-order valence-electron chi connectivity index (χ0n) is 9.60. The summed E-state index contributed by atoms with van der Waals surface area (Å²) in [5.41, 5.74) is 1.52. The first kappa shape index (κ1) is 10.6. The lowest BCUT2D eigenvalue weighted by Crippen LogP contribution is -2.23. The van der Waals surface area contributed by atoms with Crippen LogP contribution in [-0.4, -0.2) is 20.9 Å². The van der Waals surface area contributed by atoms with Gasteiger partial charge < -0.3 is 15.3 Å². The molecule has 0 aliphatic heterocycles. The second kappa shape index (κ2) is 4.37. The second-order valence-corrected chi connectivity index (χ2v) is 3.99. The van der Waals surface area contributed by atoms with E-state index in [1.54, 1.807) is 12.4 Å². The van der Waals surface area contributed by atoms with Crippen LogP contribution in [0.5, 0.6) is 0 Å². The number of aromatic nitrogens is 3. The molecule has 3 N–H and O–H groups in total. The number of rotatable bonds is 3. The monoisotopic (exact) mass is 240 g/mol. The number of carbonyl (C=O) groups is 1. The number of aromatic amines is 2. The van der Waals surface area contributed by atoms with Crippen LogP contribution in [0, 0.1) is 0 Å². The van der Waals surface area contributed by atoms with E-state index < -0.39 is 0 Å². The predicted octanol–water partition coefficient (Wildman–Crippen LogP) is 1.82. The predicted molar refractivity (Wildman–Crippen MR) is 68.1 cm³/mol. The zero-order valence-corrected chi connectivity index (χ0v) is 9.60. The minimum absolute atomic E-state index is 0.136. The van der Waals surface area contributed by atoms with E-state index in [9.17, 15) is 4.79 Å². The van der Waals surface area contributed by atoms with Crippen LogP contribution in [-0.2, 0) is 6.54 Å². The van der Waals surface area contributed by atoms with E-state index in [0.717, 1.165) is 16.7 Å². The van der Waals surface area contributed by atoms with E-state index in [1.165, 1.54) is 0 Å². The normalized spacial score (nSPS) is 10.7. The third kappa shape index (κ3) is 1.98. The van der Waals surface area contributed by atoms with Crippen LogP contribution in [0.25, 0.3) is 10.9 Å². The van der Waals surface area contributed by atoms with Gasteiger partial charge in [-0.3, -0.25) is 4.79 Å². The number of nitrogens with zero attached hydrogens (tertiary/aromatic N) is 1. The molecule has 0 saturated heterocycles. The lowest BCUT2D eigenvalue weighted by Gasteiger charge is -2.00. The average molecular weight is 240 g/mol. The largest absolute Gasteiger partial charge is 0.351 e. The number of amides is 1. The Balaban J connectivity index is 1.75. The summed E-state index contributed by atoms with van der Waals surface area (Å²) in [4.78, 5) is 22.0. The Kier molecular flexibility index (Phi) is 2.57. The van der Waals surface area contributed by atoms with Gasteiger partial charge in [-0.1, -0.05) is 18.2 Å². The highest BCUT2D eigenvalue weighted by Crippen LogP contribution is 2.14. The van der Waals surface area contributed by atoms with Gasteiger partial charge >= 0.3 is 0 Å². The molecule has 0 spiro atoms. The molecule has 0 fully saturated rings. The molecule has 1 aromatic carbocycles. The van der Waals surface area contributed by atoms with Gasteiger partial charge in [0.05, 0.1) is 6.54 Å². The molecule has 1 amide bonds. The highest BCUT2D eigenvalue weighted by molar-refractivity contribution is 5.97. The van der Waals surface area contributed by atoms with Gasteiger partial charge in [0.15, 0.2) is 0 Å². The van der Waals surface area contributed by atoms with Crippen LogP contribution in [0.4, 0.5) is 0 Å². The van der Waals surface area contributed by atoms with Crippen molar-refractivity contribution in [3.8, 4) is 0 Å². The van der Waals surface area contributed by atoms with Gasteiger partial charge in [0.25, 0.3) is 5.91 Å². The Morgan fingerprint density at radius 3 is 3.00 bits per heavy atom. The van der Waals surface area contributed by atoms with Crippen LogP contribution in [0.15, 0.2) is 42.7 Å². The summed E-state index contributed by atoms with van der Waals surface area (Å²) in [7, 11) is 0. The molecule has 2 heterocycles. The molecule has 2 aromatic heterocycles. The standard InChI is InChI=1S/C13H12N4O/c18-13(16-8-12-14-5-6-15-12)11-7-9-3-1-2-4-10(9)17-11/h1-7,17H,8H2,(H,14,15)(H,16,18). The van der Waals surface area contributed by atoms with Gasteiger partial charge in [-0.05, 0) is 12.1 Å². The number of benzene rings is 1. The van der Waals surface area contributed by atoms with E-state index in [-0.39, 0.29) is 5.91 Å². The Morgan fingerprint density at radius 2 is 2.22 bits per heavy atom. The maximum absolute atomic E-state index is 11.9. The first-order valence-corrected chi connectivity index (χ1v) is 5.67. The summed E-state index contributed by atoms with van der Waals surface area (Å²) in [6.07, 6.45) is 3.38. The van der Waals surface area contributed by atoms with Crippen LogP contribution >= 0.6 is 0 Å². The third-order valence-corrected chi connectivity index (χ3v) is 2.75. The van der Waals surface area contributed by atoms with Gasteiger partial charge in [0, 0.05) is 23.3 Å². The minimum atomic E-state index is -0.136. The van der Waals surface area contributed by atoms with Gasteiger partial charge in [-0.15, -0.1) is 0 Å². The molecular weight excluding hydrogens is 228 g/mol. The van der Waals surface area contributed by atoms with Crippen molar-refractivity contribution < 1.29 is 4.79 Å². The number of carbonyl (C=O) groups excluding carboxylic acids is 1. The van der Waals surface area contributed by atoms with E-state index in [1.807, 2.05) is 30.3 Å². The number of H-pyrrole nitrogens is 2. The summed E-state index contributed by atoms with van der Waals surface area (Å²) < 4.78 is 0. The number of hydrogen-bond donors (Lipinski definition) is 3. The van der Waals surface area contributed by atoms with E-state index in [4.69, 9.17) is 0 Å². The van der Waals surface area contributed by atoms with Crippen molar-refractivity contribution in [2.45, 2.75) is 6.54 Å². The molecular formula is C13H12N4O. The van der Waals surface area contributed by atoms with E-state index >= 15 is 0 Å². The van der Waals surface area contributed by atoms with Crippen LogP contribution in [0.1, 0.15) is 16.3 Å². The molecule has 0 radical (unpaired) electrons. The van der Waals surface area contributed by atoms with Crippen molar-refractivity contribution >= 4 is 16.8 Å². The van der Waals surface area contributed by atoms with Crippen LogP contribution in [0.3, 0.4) is 0 Å². The Labute approximate surface area is 103 Å². The molecule has 0 saturated carbocycles. The fourth-order valence-electron chi connectivity index (χ4n) is 1.85. The minimum Gasteiger partial charge on any atom is -0.351 e. The number of hydrogen-bond acceptors (Lipinski definition) is 2. The van der Waals surface area contributed by atoms with E-state index in [0.29, 0.717) is 12.2 Å². The van der Waals surface area contributed by atoms with Gasteiger partial charge in [0.2, 0.25) is 0 Å². The zero-order chi connectivity index (χ0) is 12.4. The highest BCUT2D eigenvalue weighted by atomic mass is 16.1. The quantitative estimate of drug-likeness (QED) is 0.653. The van der Waals surface area contributed by atoms with Gasteiger partial charge in [0.1, 0.15) is 11.5 Å². The lowest BCUT2D eigenvalue weighted by molar-refractivity contribution is 0.0946. The second-order valence-electron chi connectivity index (χ2n) is 3.99. The molecule has 18 heavy (non-hydrogen) atoms. The maximum Gasteiger partial charge on any atom is 0.268 e. The Bertz CT molecular complexity index is 636. The number of imidazole rings is 1. The fraction of sp³-hybridized carbons (Fsp3) is 0.0769. The summed E-state index contributed by atoms with van der Waals surface area (Å²) in [6, 6.07) is 9.63. The third-order valence-electron chi connectivity index (χ3n) is 2.75. The SMILES string of the molecule is O=C(NCc1ncc[nH]1)c1cc2ccccc2[nH]1. The molecule has 5 nitrogen and oxygen atoms in total. The maximum atomic E-state index is 11.9. The molecule has 0 aliphatic carbocycles. The molecule has 0 atom stereocenters. The van der Waals surface area contributed by atoms with Crippen molar-refractivity contribution in [1.29, 1.82) is 0 Å². The van der Waals surface area contributed by atoms with Crippen LogP contribution in [0.2, 0.25) is 0 Å². The van der Waals surface area contributed by atoms with Gasteiger partial charge in [-0.2, -0.15) is 0 Å². The van der Waals surface area contributed by atoms with E-state index in [2.05, 4.69) is 20.3 Å². The van der Waals surface area contributed by atoms with Crippen LogP contribution < -0.4 is 5.32 Å². The molecule has 3 rings (SSSR count). The van der Waals surface area contributed by atoms with Gasteiger partial charge in [-0.25, -0.2) is 4.98 Å². The summed E-state index contributed by atoms with van der Waals surface area (Å²) in [6.45, 7) is 0.390. The molecule has 3 aromatic rings. The topological polar surface area (TPSA) is 73.6 Å². The molecule has 5 heteroatoms. The smallest absolute Gasteiger partial charge is 0.268 e. The Morgan fingerprint density at radius 1 is 1.33 bits per heavy atom. The van der Waals surface area contributed by atoms with Crippen molar-refractivity contribution in [1.82, 2.24) is 20.3 Å². The summed E-state index contributed by atoms with van der Waals surface area (Å²) in [5, 5.41) is 3.83. The average Bonchev–Trinajstić information content (AvgIpc) is 3.04. The summed E-state index contributed by atoms with van der Waals surface area (Å²) in [5.74, 6) is 0.599. The molecule has 0 unspecified atom stereocenters. The van der Waals surface area contributed by atoms with Crippen molar-refractivity contribution in [2.75, 3.05) is 0 Å². The highest BCUT2D eigenvalue weighted by Gasteiger charge is 2.09. The number of nitrogens with one attached hydrogen (secondary N) is 3. The first-order chi connectivity index (χ1) is 8.83. The number of para-hydroxylation sites is 1. The van der Waals surface area contributed by atoms with Crippen molar-refractivity contribution in [3.63, 3.8) is 0 Å². The van der Waals surface area contributed by atoms with Crippen molar-refractivity contribution in [3.05, 3.63) is 54.2 Å². The van der Waals surface area contributed by atoms with Crippen molar-refractivity contribution in [2.24, 2.45) is 0 Å².